The van der Waals surface area contributed by atoms with Crippen molar-refractivity contribution in [2.45, 2.75) is 18.2 Å². The second kappa shape index (κ2) is 10.7. The van der Waals surface area contributed by atoms with Crippen LogP contribution in [-0.2, 0) is 11.3 Å². The molecule has 0 saturated carbocycles. The Morgan fingerprint density at radius 2 is 1.97 bits per heavy atom. The number of esters is 1. The molecule has 11 heteroatoms. The number of carbonyl (C=O) groups excluding carboxylic acids is 1. The quantitative estimate of drug-likeness (QED) is 0.268. The molecule has 168 valence electrons. The zero-order valence-corrected chi connectivity index (χ0v) is 18.3. The van der Waals surface area contributed by atoms with E-state index in [1.807, 2.05) is 0 Å². The molecule has 0 bridgehead atoms. The van der Waals surface area contributed by atoms with Crippen LogP contribution >= 0.6 is 11.8 Å². The topological polar surface area (TPSA) is 87.8 Å². The average Bonchev–Trinajstić information content (AvgIpc) is 3.24. The maximum atomic E-state index is 13.2. The van der Waals surface area contributed by atoms with Crippen molar-refractivity contribution in [1.29, 1.82) is 0 Å². The Hall–Kier alpha value is -3.47. The molecule has 0 fully saturated rings. The van der Waals surface area contributed by atoms with Crippen molar-refractivity contribution in [3.8, 4) is 11.5 Å². The predicted octanol–water partition coefficient (Wildman–Crippen LogP) is 4.19. The highest BCUT2D eigenvalue weighted by Gasteiger charge is 2.19. The molecule has 3 aromatic rings. The first-order chi connectivity index (χ1) is 15.5. The number of alkyl halides is 2. The van der Waals surface area contributed by atoms with Crippen LogP contribution in [-0.4, -0.2) is 47.5 Å². The van der Waals surface area contributed by atoms with E-state index >= 15 is 0 Å². The van der Waals surface area contributed by atoms with Crippen molar-refractivity contribution in [1.82, 2.24) is 14.9 Å². The Kier molecular flexibility index (Phi) is 7.77. The molecular formula is C21H20F2N4O4S. The highest BCUT2D eigenvalue weighted by atomic mass is 32.2. The van der Waals surface area contributed by atoms with E-state index in [2.05, 4.69) is 15.3 Å². The number of halogens is 2. The molecule has 0 unspecified atom stereocenters. The number of hydrogen-bond donors (Lipinski definition) is 0. The SMILES string of the molecule is COC(=O)c1ccccc1OCc1cc(/C=N/n2c(SC)nnc2C(F)F)ccc1OC. The molecule has 8 nitrogen and oxygen atoms in total. The fourth-order valence-electron chi connectivity index (χ4n) is 2.79. The minimum Gasteiger partial charge on any atom is -0.496 e. The summed E-state index contributed by atoms with van der Waals surface area (Å²) in [5, 5.41) is 11.6. The van der Waals surface area contributed by atoms with Crippen molar-refractivity contribution in [2.24, 2.45) is 5.10 Å². The Morgan fingerprint density at radius 3 is 2.66 bits per heavy atom. The Labute approximate surface area is 187 Å². The highest BCUT2D eigenvalue weighted by Crippen LogP contribution is 2.25. The first kappa shape index (κ1) is 23.2. The summed E-state index contributed by atoms with van der Waals surface area (Å²) >= 11 is 1.15. The summed E-state index contributed by atoms with van der Waals surface area (Å²) in [5.41, 5.74) is 1.58. The summed E-state index contributed by atoms with van der Waals surface area (Å²) in [6.07, 6.45) is 0.302. The lowest BCUT2D eigenvalue weighted by Gasteiger charge is -2.13. The van der Waals surface area contributed by atoms with Crippen LogP contribution in [0.3, 0.4) is 0 Å². The second-order valence-corrected chi connectivity index (χ2v) is 7.02. The number of nitrogens with zero attached hydrogens (tertiary/aromatic N) is 4. The van der Waals surface area contributed by atoms with Crippen molar-refractivity contribution in [3.05, 3.63) is 65.0 Å². The fraction of sp³-hybridized carbons (Fsp3) is 0.238. The standard InChI is InChI=1S/C21H20F2N4O4S/c1-29-16-9-8-13(11-24-27-19(18(22)23)25-26-21(27)32-3)10-14(16)12-31-17-7-5-4-6-15(17)20(28)30-2/h4-11,18H,12H2,1-3H3/b24-11+. The predicted molar refractivity (Wildman–Crippen MR) is 115 cm³/mol. The van der Waals surface area contributed by atoms with Crippen LogP contribution in [0.4, 0.5) is 8.78 Å². The maximum Gasteiger partial charge on any atom is 0.341 e. The number of methoxy groups -OCH3 is 2. The summed E-state index contributed by atoms with van der Waals surface area (Å²) in [6.45, 7) is 0.0871. The molecule has 0 radical (unpaired) electrons. The Morgan fingerprint density at radius 1 is 1.19 bits per heavy atom. The molecule has 0 saturated heterocycles. The molecule has 3 rings (SSSR count). The van der Waals surface area contributed by atoms with Gasteiger partial charge >= 0.3 is 5.97 Å². The fourth-order valence-corrected chi connectivity index (χ4v) is 3.23. The number of hydrogen-bond acceptors (Lipinski definition) is 8. The van der Waals surface area contributed by atoms with Crippen LogP contribution < -0.4 is 9.47 Å². The van der Waals surface area contributed by atoms with Crippen LogP contribution in [0, 0.1) is 0 Å². The smallest absolute Gasteiger partial charge is 0.341 e. The third-order valence-corrected chi connectivity index (χ3v) is 4.94. The van der Waals surface area contributed by atoms with Gasteiger partial charge in [0.25, 0.3) is 6.43 Å². The first-order valence-electron chi connectivity index (χ1n) is 9.27. The van der Waals surface area contributed by atoms with Crippen LogP contribution in [0.5, 0.6) is 11.5 Å². The number of ether oxygens (including phenoxy) is 3. The van der Waals surface area contributed by atoms with Crippen LogP contribution in [0.25, 0.3) is 0 Å². The van der Waals surface area contributed by atoms with E-state index in [0.717, 1.165) is 16.4 Å². The second-order valence-electron chi connectivity index (χ2n) is 6.25. The molecule has 1 aromatic heterocycles. The maximum absolute atomic E-state index is 13.2. The van der Waals surface area contributed by atoms with E-state index in [4.69, 9.17) is 14.2 Å². The summed E-state index contributed by atoms with van der Waals surface area (Å²) < 4.78 is 43.3. The van der Waals surface area contributed by atoms with Gasteiger partial charge in [0.05, 0.1) is 20.4 Å². The number of rotatable bonds is 9. The number of para-hydroxylation sites is 1. The molecule has 2 aromatic carbocycles. The van der Waals surface area contributed by atoms with Crippen LogP contribution in [0.1, 0.15) is 33.7 Å². The zero-order valence-electron chi connectivity index (χ0n) is 17.5. The third-order valence-electron chi connectivity index (χ3n) is 4.32. The lowest BCUT2D eigenvalue weighted by molar-refractivity contribution is 0.0595. The summed E-state index contributed by atoms with van der Waals surface area (Å²) in [5.74, 6) is -0.139. The summed E-state index contributed by atoms with van der Waals surface area (Å²) in [6, 6.07) is 11.9. The van der Waals surface area contributed by atoms with E-state index < -0.39 is 18.2 Å². The number of carbonyl (C=O) groups is 1. The van der Waals surface area contributed by atoms with Gasteiger partial charge < -0.3 is 14.2 Å². The third kappa shape index (κ3) is 5.22. The van der Waals surface area contributed by atoms with Gasteiger partial charge in [0, 0.05) is 5.56 Å². The molecule has 0 amide bonds. The van der Waals surface area contributed by atoms with Gasteiger partial charge in [-0.05, 0) is 42.2 Å². The van der Waals surface area contributed by atoms with Gasteiger partial charge in [-0.25, -0.2) is 13.6 Å². The minimum atomic E-state index is -2.81. The molecule has 0 aliphatic heterocycles. The normalized spacial score (nSPS) is 11.2. The zero-order chi connectivity index (χ0) is 23.1. The number of thioether (sulfide) groups is 1. The molecule has 0 aliphatic carbocycles. The summed E-state index contributed by atoms with van der Waals surface area (Å²) in [4.78, 5) is 11.9. The van der Waals surface area contributed by atoms with Gasteiger partial charge in [0.1, 0.15) is 23.7 Å². The molecule has 0 atom stereocenters. The van der Waals surface area contributed by atoms with Crippen molar-refractivity contribution in [3.63, 3.8) is 0 Å². The Balaban J connectivity index is 1.85. The van der Waals surface area contributed by atoms with Crippen molar-refractivity contribution in [2.75, 3.05) is 20.5 Å². The lowest BCUT2D eigenvalue weighted by Crippen LogP contribution is -2.06. The van der Waals surface area contributed by atoms with Gasteiger partial charge in [0.2, 0.25) is 11.0 Å². The van der Waals surface area contributed by atoms with Gasteiger partial charge in [-0.2, -0.15) is 9.78 Å². The molecule has 0 spiro atoms. The molecule has 0 aliphatic rings. The van der Waals surface area contributed by atoms with E-state index in [9.17, 15) is 13.6 Å². The van der Waals surface area contributed by atoms with Gasteiger partial charge in [-0.15, -0.1) is 10.2 Å². The van der Waals surface area contributed by atoms with Crippen molar-refractivity contribution >= 4 is 23.9 Å². The highest BCUT2D eigenvalue weighted by molar-refractivity contribution is 7.98. The van der Waals surface area contributed by atoms with E-state index in [1.54, 1.807) is 48.7 Å². The molecule has 0 N–H and O–H groups in total. The van der Waals surface area contributed by atoms with E-state index in [0.29, 0.717) is 28.2 Å². The number of benzene rings is 2. The monoisotopic (exact) mass is 462 g/mol. The minimum absolute atomic E-state index is 0.0871. The molecule has 32 heavy (non-hydrogen) atoms. The van der Waals surface area contributed by atoms with Gasteiger partial charge in [-0.1, -0.05) is 23.9 Å². The number of aromatic nitrogens is 3. The van der Waals surface area contributed by atoms with Gasteiger partial charge in [0.15, 0.2) is 0 Å². The van der Waals surface area contributed by atoms with Crippen LogP contribution in [0.2, 0.25) is 0 Å². The molecule has 1 heterocycles. The van der Waals surface area contributed by atoms with Crippen LogP contribution in [0.15, 0.2) is 52.7 Å². The van der Waals surface area contributed by atoms with E-state index in [-0.39, 0.29) is 11.8 Å². The largest absolute Gasteiger partial charge is 0.496 e. The van der Waals surface area contributed by atoms with Crippen molar-refractivity contribution < 1.29 is 27.8 Å². The molecular weight excluding hydrogens is 442 g/mol. The van der Waals surface area contributed by atoms with E-state index in [1.165, 1.54) is 20.4 Å². The summed E-state index contributed by atoms with van der Waals surface area (Å²) in [7, 11) is 2.81. The average molecular weight is 462 g/mol. The van der Waals surface area contributed by atoms with Gasteiger partial charge in [-0.3, -0.25) is 0 Å². The lowest BCUT2D eigenvalue weighted by atomic mass is 10.1. The Bertz CT molecular complexity index is 1120. The first-order valence-corrected chi connectivity index (χ1v) is 10.5.